The SMILES string of the molecule is Cc1nc(C2CCCN(C(=O)Cc3nonc3C)C2)n[nH]1. The van der Waals surface area contributed by atoms with Gasteiger partial charge >= 0.3 is 0 Å². The molecule has 1 N–H and O–H groups in total. The van der Waals surface area contributed by atoms with Gasteiger partial charge in [0.25, 0.3) is 0 Å². The zero-order chi connectivity index (χ0) is 14.8. The fraction of sp³-hybridized carbons (Fsp3) is 0.615. The van der Waals surface area contributed by atoms with Crippen molar-refractivity contribution in [3.8, 4) is 0 Å². The highest BCUT2D eigenvalue weighted by atomic mass is 16.6. The Balaban J connectivity index is 1.65. The first-order chi connectivity index (χ1) is 10.1. The van der Waals surface area contributed by atoms with E-state index in [1.807, 2.05) is 11.8 Å². The first kappa shape index (κ1) is 13.7. The predicted octanol–water partition coefficient (Wildman–Crippen LogP) is 0.753. The molecule has 1 aliphatic rings. The highest BCUT2D eigenvalue weighted by molar-refractivity contribution is 5.78. The highest BCUT2D eigenvalue weighted by Gasteiger charge is 2.27. The van der Waals surface area contributed by atoms with Gasteiger partial charge in [-0.05, 0) is 26.7 Å². The molecule has 0 bridgehead atoms. The Bertz CT molecular complexity index is 634. The lowest BCUT2D eigenvalue weighted by Gasteiger charge is -2.31. The number of H-pyrrole nitrogens is 1. The molecule has 8 heteroatoms. The van der Waals surface area contributed by atoms with Crippen molar-refractivity contribution in [1.82, 2.24) is 30.4 Å². The number of rotatable bonds is 3. The molecule has 0 aliphatic carbocycles. The number of aromatic amines is 1. The molecule has 1 atom stereocenters. The summed E-state index contributed by atoms with van der Waals surface area (Å²) in [5.74, 6) is 1.84. The third-order valence-electron chi connectivity index (χ3n) is 3.82. The van der Waals surface area contributed by atoms with Crippen molar-refractivity contribution in [3.63, 3.8) is 0 Å². The molecule has 21 heavy (non-hydrogen) atoms. The van der Waals surface area contributed by atoms with Crippen LogP contribution in [0, 0.1) is 13.8 Å². The molecule has 2 aromatic rings. The van der Waals surface area contributed by atoms with Crippen LogP contribution >= 0.6 is 0 Å². The van der Waals surface area contributed by atoms with Gasteiger partial charge in [-0.15, -0.1) is 0 Å². The molecule has 1 fully saturated rings. The van der Waals surface area contributed by atoms with Crippen LogP contribution in [0.1, 0.15) is 41.8 Å². The Morgan fingerprint density at radius 1 is 1.43 bits per heavy atom. The lowest BCUT2D eigenvalue weighted by molar-refractivity contribution is -0.131. The summed E-state index contributed by atoms with van der Waals surface area (Å²) in [7, 11) is 0. The summed E-state index contributed by atoms with van der Waals surface area (Å²) in [5, 5.41) is 14.5. The third-order valence-corrected chi connectivity index (χ3v) is 3.82. The Morgan fingerprint density at radius 2 is 2.29 bits per heavy atom. The largest absolute Gasteiger partial charge is 0.342 e. The Morgan fingerprint density at radius 3 is 2.95 bits per heavy atom. The van der Waals surface area contributed by atoms with Gasteiger partial charge in [-0.3, -0.25) is 9.89 Å². The number of nitrogens with one attached hydrogen (secondary N) is 1. The molecular formula is C13H18N6O2. The monoisotopic (exact) mass is 290 g/mol. The van der Waals surface area contributed by atoms with Gasteiger partial charge in [-0.2, -0.15) is 5.10 Å². The zero-order valence-corrected chi connectivity index (χ0v) is 12.2. The number of likely N-dealkylation sites (tertiary alicyclic amines) is 1. The van der Waals surface area contributed by atoms with Gasteiger partial charge in [0.15, 0.2) is 5.82 Å². The number of hydrogen-bond acceptors (Lipinski definition) is 6. The number of amides is 1. The lowest BCUT2D eigenvalue weighted by atomic mass is 9.97. The second-order valence-corrected chi connectivity index (χ2v) is 5.43. The number of hydrogen-bond donors (Lipinski definition) is 1. The average Bonchev–Trinajstić information content (AvgIpc) is 3.08. The molecule has 1 aliphatic heterocycles. The molecule has 2 aromatic heterocycles. The van der Waals surface area contributed by atoms with Gasteiger partial charge in [-0.25, -0.2) is 9.61 Å². The fourth-order valence-corrected chi connectivity index (χ4v) is 2.62. The Labute approximate surface area is 121 Å². The predicted molar refractivity (Wildman–Crippen MR) is 72.4 cm³/mol. The maximum atomic E-state index is 12.4. The quantitative estimate of drug-likeness (QED) is 0.895. The first-order valence-electron chi connectivity index (χ1n) is 7.08. The van der Waals surface area contributed by atoms with E-state index in [9.17, 15) is 4.79 Å². The van der Waals surface area contributed by atoms with E-state index in [0.717, 1.165) is 31.0 Å². The molecule has 0 aromatic carbocycles. The van der Waals surface area contributed by atoms with Gasteiger partial charge < -0.3 is 4.90 Å². The molecule has 1 saturated heterocycles. The topological polar surface area (TPSA) is 101 Å². The van der Waals surface area contributed by atoms with Crippen LogP contribution in [-0.2, 0) is 11.2 Å². The molecular weight excluding hydrogens is 272 g/mol. The van der Waals surface area contributed by atoms with Crippen LogP contribution in [0.25, 0.3) is 0 Å². The first-order valence-corrected chi connectivity index (χ1v) is 7.08. The molecule has 3 heterocycles. The standard InChI is InChI=1S/C13H18N6O2/c1-8-11(18-21-17-8)6-12(20)19-5-3-4-10(7-19)13-14-9(2)15-16-13/h10H,3-7H2,1-2H3,(H,14,15,16). The van der Waals surface area contributed by atoms with Gasteiger partial charge in [0.05, 0.1) is 6.42 Å². The van der Waals surface area contributed by atoms with E-state index < -0.39 is 0 Å². The average molecular weight is 290 g/mol. The zero-order valence-electron chi connectivity index (χ0n) is 12.2. The van der Waals surface area contributed by atoms with Crippen molar-refractivity contribution in [3.05, 3.63) is 23.0 Å². The van der Waals surface area contributed by atoms with Crippen molar-refractivity contribution < 1.29 is 9.42 Å². The van der Waals surface area contributed by atoms with Crippen molar-refractivity contribution >= 4 is 5.91 Å². The van der Waals surface area contributed by atoms with Crippen LogP contribution in [0.3, 0.4) is 0 Å². The van der Waals surface area contributed by atoms with Crippen LogP contribution in [0.4, 0.5) is 0 Å². The number of carbonyl (C=O) groups is 1. The molecule has 8 nitrogen and oxygen atoms in total. The van der Waals surface area contributed by atoms with Gasteiger partial charge in [0, 0.05) is 19.0 Å². The van der Waals surface area contributed by atoms with Crippen molar-refractivity contribution in [2.75, 3.05) is 13.1 Å². The van der Waals surface area contributed by atoms with Crippen molar-refractivity contribution in [2.45, 2.75) is 39.0 Å². The van der Waals surface area contributed by atoms with E-state index in [4.69, 9.17) is 0 Å². The summed E-state index contributed by atoms with van der Waals surface area (Å²) in [4.78, 5) is 18.6. The Hall–Kier alpha value is -2.25. The summed E-state index contributed by atoms with van der Waals surface area (Å²) in [6.07, 6.45) is 2.20. The van der Waals surface area contributed by atoms with E-state index >= 15 is 0 Å². The summed E-state index contributed by atoms with van der Waals surface area (Å²) in [6, 6.07) is 0. The minimum atomic E-state index is 0.0470. The van der Waals surface area contributed by atoms with Gasteiger partial charge in [0.2, 0.25) is 5.91 Å². The van der Waals surface area contributed by atoms with E-state index in [2.05, 4.69) is 30.1 Å². The van der Waals surface area contributed by atoms with E-state index in [1.165, 1.54) is 0 Å². The van der Waals surface area contributed by atoms with Crippen molar-refractivity contribution in [1.29, 1.82) is 0 Å². The molecule has 0 saturated carbocycles. The summed E-state index contributed by atoms with van der Waals surface area (Å²) in [6.45, 7) is 5.08. The minimum Gasteiger partial charge on any atom is -0.342 e. The molecule has 1 amide bonds. The minimum absolute atomic E-state index is 0.0470. The van der Waals surface area contributed by atoms with Crippen LogP contribution in [-0.4, -0.2) is 49.4 Å². The summed E-state index contributed by atoms with van der Waals surface area (Å²) < 4.78 is 4.63. The second kappa shape index (κ2) is 5.63. The van der Waals surface area contributed by atoms with Crippen LogP contribution in [0.5, 0.6) is 0 Å². The smallest absolute Gasteiger partial charge is 0.228 e. The third kappa shape index (κ3) is 2.93. The van der Waals surface area contributed by atoms with E-state index in [1.54, 1.807) is 6.92 Å². The maximum absolute atomic E-state index is 12.4. The second-order valence-electron chi connectivity index (χ2n) is 5.43. The van der Waals surface area contributed by atoms with Crippen molar-refractivity contribution in [2.24, 2.45) is 0 Å². The molecule has 0 spiro atoms. The number of aromatic nitrogens is 5. The van der Waals surface area contributed by atoms with Crippen LogP contribution < -0.4 is 0 Å². The molecule has 112 valence electrons. The molecule has 3 rings (SSSR count). The molecule has 0 radical (unpaired) electrons. The number of aryl methyl sites for hydroxylation is 2. The normalized spacial score (nSPS) is 19.0. The van der Waals surface area contributed by atoms with Crippen LogP contribution in [0.15, 0.2) is 4.63 Å². The summed E-state index contributed by atoms with van der Waals surface area (Å²) >= 11 is 0. The Kier molecular flexibility index (Phi) is 3.68. The number of piperidine rings is 1. The van der Waals surface area contributed by atoms with E-state index in [0.29, 0.717) is 17.9 Å². The summed E-state index contributed by atoms with van der Waals surface area (Å²) in [5.41, 5.74) is 1.28. The maximum Gasteiger partial charge on any atom is 0.228 e. The number of carbonyl (C=O) groups excluding carboxylic acids is 1. The fourth-order valence-electron chi connectivity index (χ4n) is 2.62. The lowest BCUT2D eigenvalue weighted by Crippen LogP contribution is -2.40. The van der Waals surface area contributed by atoms with E-state index in [-0.39, 0.29) is 18.2 Å². The molecule has 1 unspecified atom stereocenters. The van der Waals surface area contributed by atoms with Crippen LogP contribution in [0.2, 0.25) is 0 Å². The number of nitrogens with zero attached hydrogens (tertiary/aromatic N) is 5. The van der Waals surface area contributed by atoms with Gasteiger partial charge in [0.1, 0.15) is 17.2 Å². The highest BCUT2D eigenvalue weighted by Crippen LogP contribution is 2.24. The van der Waals surface area contributed by atoms with Gasteiger partial charge in [-0.1, -0.05) is 10.3 Å².